The van der Waals surface area contributed by atoms with Crippen LogP contribution in [0.5, 0.6) is 0 Å². The molecule has 7 heteroatoms. The molecule has 0 spiro atoms. The molecule has 4 aromatic rings. The Balaban J connectivity index is 1.60. The van der Waals surface area contributed by atoms with E-state index in [2.05, 4.69) is 35.5 Å². The van der Waals surface area contributed by atoms with Crippen molar-refractivity contribution in [2.24, 2.45) is 0 Å². The second-order valence-corrected chi connectivity index (χ2v) is 10.9. The van der Waals surface area contributed by atoms with Crippen LogP contribution in [0.2, 0.25) is 0 Å². The van der Waals surface area contributed by atoms with Gasteiger partial charge in [-0.3, -0.25) is 4.72 Å². The van der Waals surface area contributed by atoms with Gasteiger partial charge >= 0.3 is 0 Å². The number of aromatic nitrogens is 2. The van der Waals surface area contributed by atoms with Crippen LogP contribution >= 0.6 is 11.3 Å². The summed E-state index contributed by atoms with van der Waals surface area (Å²) in [5.41, 5.74) is 4.24. The number of nitrogens with one attached hydrogen (secondary N) is 1. The summed E-state index contributed by atoms with van der Waals surface area (Å²) in [6, 6.07) is 16.4. The highest BCUT2D eigenvalue weighted by molar-refractivity contribution is 7.92. The highest BCUT2D eigenvalue weighted by Crippen LogP contribution is 2.32. The average molecular weight is 438 g/mol. The molecule has 154 valence electrons. The van der Waals surface area contributed by atoms with Crippen LogP contribution in [0, 0.1) is 6.92 Å². The standard InChI is InChI=1S/C23H23N3O2S2/c1-15-14-16(21-25-20-6-5-13-24-22(20)29-21)7-12-19(15)26-30(27,28)18-10-8-17(9-11-18)23(2,3)4/h5-14,26H,1-4H3. The fourth-order valence-corrected chi connectivity index (χ4v) is 5.18. The predicted octanol–water partition coefficient (Wildman–Crippen LogP) is 5.77. The Hall–Kier alpha value is -2.77. The molecule has 1 N–H and O–H groups in total. The van der Waals surface area contributed by atoms with Gasteiger partial charge < -0.3 is 0 Å². The molecule has 2 heterocycles. The molecular weight excluding hydrogens is 414 g/mol. The van der Waals surface area contributed by atoms with E-state index in [1.165, 1.54) is 11.3 Å². The minimum atomic E-state index is -3.67. The molecule has 2 aromatic carbocycles. The van der Waals surface area contributed by atoms with Crippen LogP contribution in [0.25, 0.3) is 20.9 Å². The molecule has 0 fully saturated rings. The number of pyridine rings is 1. The third kappa shape index (κ3) is 4.08. The smallest absolute Gasteiger partial charge is 0.261 e. The van der Waals surface area contributed by atoms with Gasteiger partial charge in [-0.05, 0) is 65.9 Å². The van der Waals surface area contributed by atoms with E-state index >= 15 is 0 Å². The average Bonchev–Trinajstić information content (AvgIpc) is 3.13. The fourth-order valence-electron chi connectivity index (χ4n) is 3.14. The van der Waals surface area contributed by atoms with E-state index in [4.69, 9.17) is 0 Å². The maximum atomic E-state index is 12.9. The van der Waals surface area contributed by atoms with Crippen LogP contribution in [0.4, 0.5) is 5.69 Å². The summed E-state index contributed by atoms with van der Waals surface area (Å²) in [6.07, 6.45) is 1.75. The van der Waals surface area contributed by atoms with E-state index in [1.54, 1.807) is 24.4 Å². The maximum Gasteiger partial charge on any atom is 0.261 e. The van der Waals surface area contributed by atoms with Gasteiger partial charge in [0.25, 0.3) is 10.0 Å². The molecule has 5 nitrogen and oxygen atoms in total. The lowest BCUT2D eigenvalue weighted by molar-refractivity contribution is 0.587. The van der Waals surface area contributed by atoms with Gasteiger partial charge in [-0.1, -0.05) is 44.2 Å². The van der Waals surface area contributed by atoms with E-state index in [0.717, 1.165) is 32.0 Å². The normalized spacial score (nSPS) is 12.3. The van der Waals surface area contributed by atoms with Gasteiger partial charge in [-0.2, -0.15) is 0 Å². The number of nitrogens with zero attached hydrogens (tertiary/aromatic N) is 2. The zero-order valence-electron chi connectivity index (χ0n) is 17.3. The molecule has 4 rings (SSSR count). The largest absolute Gasteiger partial charge is 0.279 e. The van der Waals surface area contributed by atoms with Gasteiger partial charge in [0.15, 0.2) is 0 Å². The summed E-state index contributed by atoms with van der Waals surface area (Å²) in [5, 5.41) is 0.860. The Kier molecular flexibility index (Phi) is 5.11. The Morgan fingerprint density at radius 2 is 1.73 bits per heavy atom. The van der Waals surface area contributed by atoms with E-state index in [1.807, 2.05) is 43.3 Å². The Bertz CT molecular complexity index is 1290. The summed E-state index contributed by atoms with van der Waals surface area (Å²) in [5.74, 6) is 0. The van der Waals surface area contributed by atoms with Gasteiger partial charge in [0, 0.05) is 11.8 Å². The first kappa shape index (κ1) is 20.5. The lowest BCUT2D eigenvalue weighted by atomic mass is 9.87. The van der Waals surface area contributed by atoms with Crippen LogP contribution in [-0.2, 0) is 15.4 Å². The summed E-state index contributed by atoms with van der Waals surface area (Å²) in [6.45, 7) is 8.18. The SMILES string of the molecule is Cc1cc(-c2nc3cccnc3s2)ccc1NS(=O)(=O)c1ccc(C(C)(C)C)cc1. The molecule has 0 unspecified atom stereocenters. The maximum absolute atomic E-state index is 12.9. The third-order valence-electron chi connectivity index (χ3n) is 4.91. The second-order valence-electron chi connectivity index (χ2n) is 8.26. The molecule has 0 amide bonds. The van der Waals surface area contributed by atoms with E-state index in [0.29, 0.717) is 5.69 Å². The van der Waals surface area contributed by atoms with E-state index in [9.17, 15) is 8.42 Å². The molecule has 0 aliphatic rings. The summed E-state index contributed by atoms with van der Waals surface area (Å²) in [4.78, 5) is 10.1. The molecule has 0 saturated carbocycles. The lowest BCUT2D eigenvalue weighted by Crippen LogP contribution is -2.15. The van der Waals surface area contributed by atoms with Crippen molar-refractivity contribution in [1.82, 2.24) is 9.97 Å². The lowest BCUT2D eigenvalue weighted by Gasteiger charge is -2.19. The Morgan fingerprint density at radius 1 is 1.00 bits per heavy atom. The molecule has 0 saturated heterocycles. The second kappa shape index (κ2) is 7.49. The van der Waals surface area contributed by atoms with E-state index in [-0.39, 0.29) is 10.3 Å². The van der Waals surface area contributed by atoms with Crippen LogP contribution in [0.1, 0.15) is 31.9 Å². The molecule has 0 aliphatic carbocycles. The van der Waals surface area contributed by atoms with Crippen molar-refractivity contribution < 1.29 is 8.42 Å². The van der Waals surface area contributed by atoms with Crippen molar-refractivity contribution >= 4 is 37.4 Å². The number of sulfonamides is 1. The molecular formula is C23H23N3O2S2. The predicted molar refractivity (Wildman–Crippen MR) is 124 cm³/mol. The monoisotopic (exact) mass is 437 g/mol. The molecule has 30 heavy (non-hydrogen) atoms. The molecule has 0 atom stereocenters. The van der Waals surface area contributed by atoms with Crippen LogP contribution in [0.15, 0.2) is 65.7 Å². The number of hydrogen-bond acceptors (Lipinski definition) is 5. The third-order valence-corrected chi connectivity index (χ3v) is 7.32. The van der Waals surface area contributed by atoms with Crippen molar-refractivity contribution in [3.05, 3.63) is 71.9 Å². The highest BCUT2D eigenvalue weighted by Gasteiger charge is 2.19. The topological polar surface area (TPSA) is 72.0 Å². The highest BCUT2D eigenvalue weighted by atomic mass is 32.2. The minimum Gasteiger partial charge on any atom is -0.279 e. The van der Waals surface area contributed by atoms with Gasteiger partial charge in [-0.15, -0.1) is 0 Å². The first-order chi connectivity index (χ1) is 14.1. The number of thiazole rings is 1. The summed E-state index contributed by atoms with van der Waals surface area (Å²) < 4.78 is 28.4. The Morgan fingerprint density at radius 3 is 2.37 bits per heavy atom. The van der Waals surface area contributed by atoms with Crippen LogP contribution < -0.4 is 4.72 Å². The van der Waals surface area contributed by atoms with Crippen molar-refractivity contribution in [2.75, 3.05) is 4.72 Å². The number of aryl methyl sites for hydroxylation is 1. The fraction of sp³-hybridized carbons (Fsp3) is 0.217. The quantitative estimate of drug-likeness (QED) is 0.440. The summed E-state index contributed by atoms with van der Waals surface area (Å²) >= 11 is 1.52. The number of benzene rings is 2. The number of hydrogen-bond donors (Lipinski definition) is 1. The van der Waals surface area contributed by atoms with Crippen molar-refractivity contribution in [3.8, 4) is 10.6 Å². The number of rotatable bonds is 4. The van der Waals surface area contributed by atoms with Crippen molar-refractivity contribution in [1.29, 1.82) is 0 Å². The van der Waals surface area contributed by atoms with Gasteiger partial charge in [0.1, 0.15) is 15.4 Å². The zero-order chi connectivity index (χ0) is 21.5. The molecule has 0 radical (unpaired) electrons. The van der Waals surface area contributed by atoms with Crippen molar-refractivity contribution in [3.63, 3.8) is 0 Å². The Labute approximate surface area is 180 Å². The molecule has 0 aliphatic heterocycles. The minimum absolute atomic E-state index is 0.0295. The first-order valence-electron chi connectivity index (χ1n) is 9.59. The van der Waals surface area contributed by atoms with Gasteiger partial charge in [0.2, 0.25) is 0 Å². The van der Waals surface area contributed by atoms with Crippen LogP contribution in [-0.4, -0.2) is 18.4 Å². The molecule has 2 aromatic heterocycles. The zero-order valence-corrected chi connectivity index (χ0v) is 18.9. The van der Waals surface area contributed by atoms with E-state index < -0.39 is 10.0 Å². The summed E-state index contributed by atoms with van der Waals surface area (Å²) in [7, 11) is -3.67. The van der Waals surface area contributed by atoms with Crippen LogP contribution in [0.3, 0.4) is 0 Å². The van der Waals surface area contributed by atoms with Gasteiger partial charge in [-0.25, -0.2) is 18.4 Å². The van der Waals surface area contributed by atoms with Gasteiger partial charge in [0.05, 0.1) is 10.6 Å². The molecule has 0 bridgehead atoms. The first-order valence-corrected chi connectivity index (χ1v) is 11.9. The number of fused-ring (bicyclic) bond motifs is 1. The van der Waals surface area contributed by atoms with Crippen molar-refractivity contribution in [2.45, 2.75) is 38.0 Å². The number of anilines is 1.